The lowest BCUT2D eigenvalue weighted by molar-refractivity contribution is -0.0665. The molecule has 154 valence electrons. The molecule has 3 aromatic rings. The Morgan fingerprint density at radius 3 is 2.68 bits per heavy atom. The lowest BCUT2D eigenvalue weighted by atomic mass is 9.40. The van der Waals surface area contributed by atoms with Crippen molar-refractivity contribution in [2.45, 2.75) is 38.6 Å². The highest BCUT2D eigenvalue weighted by molar-refractivity contribution is 6.32. The predicted molar refractivity (Wildman–Crippen MR) is 116 cm³/mol. The number of rotatable bonds is 5. The molecule has 2 heterocycles. The maximum Gasteiger partial charge on any atom is 0.235 e. The average molecular weight is 432 g/mol. The van der Waals surface area contributed by atoms with E-state index in [-0.39, 0.29) is 11.0 Å². The molecular weight excluding hydrogens is 414 g/mol. The lowest BCUT2D eigenvalue weighted by Crippen LogP contribution is -2.70. The van der Waals surface area contributed by atoms with E-state index in [1.807, 2.05) is 26.0 Å². The minimum absolute atomic E-state index is 0.117. The van der Waals surface area contributed by atoms with E-state index in [0.717, 1.165) is 36.1 Å². The fourth-order valence-corrected chi connectivity index (χ4v) is 4.96. The number of aromatic nitrogens is 4. The van der Waals surface area contributed by atoms with Crippen LogP contribution in [0.15, 0.2) is 18.2 Å². The van der Waals surface area contributed by atoms with E-state index in [1.165, 1.54) is 6.08 Å². The average Bonchev–Trinajstić information content (AvgIpc) is 3.05. The van der Waals surface area contributed by atoms with E-state index in [2.05, 4.69) is 31.6 Å². The number of allylic oxidation sites excluding steroid dienone is 1. The van der Waals surface area contributed by atoms with Crippen LogP contribution in [0.2, 0.25) is 5.02 Å². The highest BCUT2D eigenvalue weighted by Gasteiger charge is 2.69. The maximum absolute atomic E-state index is 9.26. The molecule has 0 radical (unpaired) electrons. The first-order valence-electron chi connectivity index (χ1n) is 9.82. The van der Waals surface area contributed by atoms with Crippen molar-refractivity contribution < 1.29 is 4.74 Å². The fourth-order valence-electron chi connectivity index (χ4n) is 4.65. The standard InChI is InChI=1S/C22H18ClN7O/c1-12-6-14(4-3-5-24)7-15(23)17(12)31-19-16-13(2)29-30-18(16)26-20(27-19)28-22-8-21(9-22,10-22)11-25/h3-4,6-7H,8-10H2,1-2H3,(H2,26,27,28,29,30)/b4-3+. The molecule has 9 heteroatoms. The SMILES string of the molecule is Cc1cc(/C=C/C#N)cc(Cl)c1Oc1nc(NC23CC(C#N)(C2)C3)nc2n[nH]c(C)c12. The number of ether oxygens (including phenoxy) is 1. The highest BCUT2D eigenvalue weighted by Crippen LogP contribution is 2.67. The predicted octanol–water partition coefficient (Wildman–Crippen LogP) is 4.81. The van der Waals surface area contributed by atoms with Gasteiger partial charge in [0, 0.05) is 17.3 Å². The van der Waals surface area contributed by atoms with Crippen LogP contribution >= 0.6 is 11.6 Å². The molecule has 0 atom stereocenters. The number of H-pyrrole nitrogens is 1. The number of fused-ring (bicyclic) bond motifs is 1. The number of benzene rings is 1. The maximum atomic E-state index is 9.26. The van der Waals surface area contributed by atoms with Crippen molar-refractivity contribution >= 4 is 34.7 Å². The molecule has 1 aromatic carbocycles. The van der Waals surface area contributed by atoms with E-state index in [4.69, 9.17) is 21.6 Å². The van der Waals surface area contributed by atoms with Gasteiger partial charge in [-0.05, 0) is 62.4 Å². The summed E-state index contributed by atoms with van der Waals surface area (Å²) in [5, 5.41) is 29.7. The summed E-state index contributed by atoms with van der Waals surface area (Å²) in [6.45, 7) is 3.76. The molecular formula is C22H18ClN7O. The van der Waals surface area contributed by atoms with Crippen LogP contribution in [-0.2, 0) is 0 Å². The number of hydrogen-bond acceptors (Lipinski definition) is 7. The Kier molecular flexibility index (Phi) is 4.18. The normalized spacial score (nSPS) is 23.6. The Bertz CT molecular complexity index is 1300. The number of halogens is 1. The summed E-state index contributed by atoms with van der Waals surface area (Å²) in [6, 6.07) is 7.99. The van der Waals surface area contributed by atoms with E-state index in [1.54, 1.807) is 12.1 Å². The summed E-state index contributed by atoms with van der Waals surface area (Å²) in [6.07, 6.45) is 5.49. The molecule has 0 aliphatic heterocycles. The zero-order chi connectivity index (χ0) is 21.8. The third-order valence-electron chi connectivity index (χ3n) is 6.01. The summed E-state index contributed by atoms with van der Waals surface area (Å²) < 4.78 is 6.19. The van der Waals surface area contributed by atoms with Gasteiger partial charge in [0.05, 0.1) is 22.6 Å². The van der Waals surface area contributed by atoms with E-state index < -0.39 is 0 Å². The number of nitriles is 2. The molecule has 6 rings (SSSR count). The Labute approximate surface area is 183 Å². The van der Waals surface area contributed by atoms with Gasteiger partial charge in [0.1, 0.15) is 5.39 Å². The van der Waals surface area contributed by atoms with Crippen molar-refractivity contribution in [2.24, 2.45) is 5.41 Å². The number of nitrogens with one attached hydrogen (secondary N) is 2. The fraction of sp³-hybridized carbons (Fsp3) is 0.318. The number of aromatic amines is 1. The second-order valence-corrected chi connectivity index (χ2v) is 8.85. The third kappa shape index (κ3) is 3.08. The Balaban J connectivity index is 1.50. The van der Waals surface area contributed by atoms with Crippen molar-refractivity contribution in [3.8, 4) is 23.8 Å². The Hall–Kier alpha value is -3.62. The Morgan fingerprint density at radius 1 is 1.23 bits per heavy atom. The van der Waals surface area contributed by atoms with Crippen LogP contribution in [0.5, 0.6) is 11.6 Å². The highest BCUT2D eigenvalue weighted by atomic mass is 35.5. The van der Waals surface area contributed by atoms with Gasteiger partial charge in [-0.1, -0.05) is 11.6 Å². The molecule has 3 fully saturated rings. The summed E-state index contributed by atoms with van der Waals surface area (Å²) in [5.74, 6) is 1.25. The van der Waals surface area contributed by atoms with E-state index in [9.17, 15) is 5.26 Å². The number of hydrogen-bond donors (Lipinski definition) is 2. The molecule has 0 unspecified atom stereocenters. The van der Waals surface area contributed by atoms with Gasteiger partial charge in [-0.25, -0.2) is 0 Å². The minimum atomic E-state index is -0.175. The molecule has 8 nitrogen and oxygen atoms in total. The van der Waals surface area contributed by atoms with Crippen molar-refractivity contribution in [1.29, 1.82) is 10.5 Å². The van der Waals surface area contributed by atoms with Gasteiger partial charge in [0.2, 0.25) is 11.8 Å². The number of anilines is 1. The smallest absolute Gasteiger partial charge is 0.235 e. The van der Waals surface area contributed by atoms with Crippen LogP contribution in [0.3, 0.4) is 0 Å². The molecule has 0 spiro atoms. The molecule has 3 saturated carbocycles. The quantitative estimate of drug-likeness (QED) is 0.555. The summed E-state index contributed by atoms with van der Waals surface area (Å²) in [4.78, 5) is 9.15. The summed E-state index contributed by atoms with van der Waals surface area (Å²) in [7, 11) is 0. The second kappa shape index (κ2) is 6.69. The summed E-state index contributed by atoms with van der Waals surface area (Å²) >= 11 is 6.49. The van der Waals surface area contributed by atoms with Gasteiger partial charge in [0.15, 0.2) is 11.4 Å². The first-order chi connectivity index (χ1) is 14.9. The second-order valence-electron chi connectivity index (χ2n) is 8.44. The lowest BCUT2D eigenvalue weighted by Gasteiger charge is -2.66. The van der Waals surface area contributed by atoms with Crippen molar-refractivity contribution in [2.75, 3.05) is 5.32 Å². The zero-order valence-electron chi connectivity index (χ0n) is 17.0. The molecule has 2 N–H and O–H groups in total. The van der Waals surface area contributed by atoms with Gasteiger partial charge in [-0.15, -0.1) is 0 Å². The summed E-state index contributed by atoms with van der Waals surface area (Å²) in [5.41, 5.74) is 2.60. The molecule has 2 bridgehead atoms. The molecule has 0 saturated heterocycles. The number of aryl methyl sites for hydroxylation is 2. The van der Waals surface area contributed by atoms with Gasteiger partial charge in [0.25, 0.3) is 0 Å². The minimum Gasteiger partial charge on any atom is -0.436 e. The Morgan fingerprint density at radius 2 is 2.00 bits per heavy atom. The molecule has 3 aliphatic rings. The largest absolute Gasteiger partial charge is 0.436 e. The molecule has 3 aliphatic carbocycles. The molecule has 0 amide bonds. The van der Waals surface area contributed by atoms with Crippen LogP contribution in [0.25, 0.3) is 17.1 Å². The first kappa shape index (κ1) is 19.3. The van der Waals surface area contributed by atoms with Gasteiger partial charge in [-0.2, -0.15) is 25.6 Å². The topological polar surface area (TPSA) is 123 Å². The van der Waals surface area contributed by atoms with E-state index >= 15 is 0 Å². The van der Waals surface area contributed by atoms with Crippen LogP contribution < -0.4 is 10.1 Å². The van der Waals surface area contributed by atoms with Crippen molar-refractivity contribution in [3.63, 3.8) is 0 Å². The van der Waals surface area contributed by atoms with Crippen molar-refractivity contribution in [3.05, 3.63) is 40.1 Å². The zero-order valence-corrected chi connectivity index (χ0v) is 17.7. The van der Waals surface area contributed by atoms with Crippen LogP contribution in [0.4, 0.5) is 5.95 Å². The molecule has 2 aromatic heterocycles. The van der Waals surface area contributed by atoms with Gasteiger partial charge >= 0.3 is 0 Å². The van der Waals surface area contributed by atoms with Gasteiger partial charge in [-0.3, -0.25) is 5.10 Å². The van der Waals surface area contributed by atoms with Crippen molar-refractivity contribution in [1.82, 2.24) is 20.2 Å². The van der Waals surface area contributed by atoms with Gasteiger partial charge < -0.3 is 10.1 Å². The monoisotopic (exact) mass is 431 g/mol. The molecule has 31 heavy (non-hydrogen) atoms. The first-order valence-corrected chi connectivity index (χ1v) is 10.2. The van der Waals surface area contributed by atoms with E-state index in [0.29, 0.717) is 33.6 Å². The third-order valence-corrected chi connectivity index (χ3v) is 6.29. The number of nitrogens with zero attached hydrogens (tertiary/aromatic N) is 5. The van der Waals surface area contributed by atoms with Crippen LogP contribution in [-0.4, -0.2) is 25.7 Å². The van der Waals surface area contributed by atoms with Crippen LogP contribution in [0, 0.1) is 41.9 Å². The van der Waals surface area contributed by atoms with Crippen LogP contribution in [0.1, 0.15) is 36.1 Å².